The Balaban J connectivity index is 2.44. The van der Waals surface area contributed by atoms with Crippen LogP contribution < -0.4 is 5.73 Å². The lowest BCUT2D eigenvalue weighted by Gasteiger charge is -2.39. The highest BCUT2D eigenvalue weighted by Crippen LogP contribution is 2.43. The lowest BCUT2D eigenvalue weighted by atomic mass is 9.64. The molecule has 0 heterocycles. The Morgan fingerprint density at radius 2 is 2.06 bits per heavy atom. The second kappa shape index (κ2) is 4.22. The predicted octanol–water partition coefficient (Wildman–Crippen LogP) is 2.75. The van der Waals surface area contributed by atoms with E-state index in [1.807, 2.05) is 13.0 Å². The molecule has 0 radical (unpaired) electrons. The van der Waals surface area contributed by atoms with Gasteiger partial charge in [0.15, 0.2) is 5.78 Å². The first kappa shape index (κ1) is 12.2. The van der Waals surface area contributed by atoms with Crippen LogP contribution in [0.2, 0.25) is 0 Å². The van der Waals surface area contributed by atoms with Gasteiger partial charge in [0.2, 0.25) is 0 Å². The van der Waals surface area contributed by atoms with Gasteiger partial charge in [-0.2, -0.15) is 0 Å². The molecule has 1 aliphatic carbocycles. The van der Waals surface area contributed by atoms with Crippen LogP contribution >= 0.6 is 0 Å². The number of nitrogens with two attached hydrogens (primary N) is 1. The van der Waals surface area contributed by atoms with Crippen LogP contribution in [0.15, 0.2) is 12.1 Å². The van der Waals surface area contributed by atoms with Gasteiger partial charge in [0.1, 0.15) is 5.82 Å². The number of hydrogen-bond donors (Lipinski definition) is 1. The molecule has 1 fully saturated rings. The average Bonchev–Trinajstić information content (AvgIpc) is 2.14. The Bertz CT molecular complexity index is 435. The zero-order valence-electron chi connectivity index (χ0n) is 10.3. The highest BCUT2D eigenvalue weighted by molar-refractivity contribution is 6.02. The van der Waals surface area contributed by atoms with Gasteiger partial charge < -0.3 is 5.73 Å². The number of carbonyl (C=O) groups is 1. The number of aryl methyl sites for hydroxylation is 2. The number of ketones is 1. The quantitative estimate of drug-likeness (QED) is 0.819. The first-order valence-corrected chi connectivity index (χ1v) is 6.02. The maximum absolute atomic E-state index is 13.9. The minimum absolute atomic E-state index is 0.110. The Labute approximate surface area is 101 Å². The van der Waals surface area contributed by atoms with Crippen LogP contribution in [0.3, 0.4) is 0 Å². The molecule has 1 aliphatic rings. The Kier molecular flexibility index (Phi) is 3.04. The van der Waals surface area contributed by atoms with Crippen LogP contribution in [0.1, 0.15) is 40.7 Å². The molecule has 3 heteroatoms. The molecule has 0 aliphatic heterocycles. The van der Waals surface area contributed by atoms with E-state index in [1.165, 1.54) is 6.07 Å². The average molecular weight is 235 g/mol. The fourth-order valence-electron chi connectivity index (χ4n) is 2.60. The molecule has 1 aromatic rings. The lowest BCUT2D eigenvalue weighted by molar-refractivity contribution is 0.0630. The molecule has 17 heavy (non-hydrogen) atoms. The van der Waals surface area contributed by atoms with Crippen LogP contribution in [-0.2, 0) is 0 Å². The highest BCUT2D eigenvalue weighted by Gasteiger charge is 2.44. The summed E-state index contributed by atoms with van der Waals surface area (Å²) in [6.07, 6.45) is 2.58. The van der Waals surface area contributed by atoms with E-state index in [-0.39, 0.29) is 11.3 Å². The van der Waals surface area contributed by atoms with Gasteiger partial charge in [-0.05, 0) is 43.9 Å². The van der Waals surface area contributed by atoms with Crippen molar-refractivity contribution in [1.29, 1.82) is 0 Å². The van der Waals surface area contributed by atoms with Crippen LogP contribution in [0.25, 0.3) is 0 Å². The second-order valence-electron chi connectivity index (χ2n) is 5.11. The smallest absolute Gasteiger partial charge is 0.173 e. The van der Waals surface area contributed by atoms with Crippen molar-refractivity contribution in [2.24, 2.45) is 11.1 Å². The molecule has 92 valence electrons. The largest absolute Gasteiger partial charge is 0.329 e. The zero-order chi connectivity index (χ0) is 12.6. The number of Topliss-reactive ketones (excluding diaryl/α,β-unsaturated/α-hetero) is 1. The van der Waals surface area contributed by atoms with Crippen LogP contribution in [0, 0.1) is 25.1 Å². The number of benzene rings is 1. The molecular weight excluding hydrogens is 217 g/mol. The molecule has 0 atom stereocenters. The van der Waals surface area contributed by atoms with Gasteiger partial charge in [-0.3, -0.25) is 4.79 Å². The molecule has 1 saturated carbocycles. The van der Waals surface area contributed by atoms with E-state index in [2.05, 4.69) is 0 Å². The standard InChI is InChI=1S/C14H18FNO/c1-9-6-10(2)12(11(15)7-9)13(17)14(8-16)4-3-5-14/h6-7H,3-5,8,16H2,1-2H3. The molecule has 1 aromatic carbocycles. The number of rotatable bonds is 3. The summed E-state index contributed by atoms with van der Waals surface area (Å²) in [6, 6.07) is 3.27. The summed E-state index contributed by atoms with van der Waals surface area (Å²) in [4.78, 5) is 12.4. The SMILES string of the molecule is Cc1cc(C)c(C(=O)C2(CN)CCC2)c(F)c1. The van der Waals surface area contributed by atoms with Crippen molar-refractivity contribution in [2.45, 2.75) is 33.1 Å². The van der Waals surface area contributed by atoms with E-state index in [4.69, 9.17) is 5.73 Å². The van der Waals surface area contributed by atoms with Gasteiger partial charge in [-0.25, -0.2) is 4.39 Å². The monoisotopic (exact) mass is 235 g/mol. The Morgan fingerprint density at radius 1 is 1.41 bits per heavy atom. The molecule has 0 aromatic heterocycles. The summed E-state index contributed by atoms with van der Waals surface area (Å²) in [6.45, 7) is 3.93. The summed E-state index contributed by atoms with van der Waals surface area (Å²) in [5.41, 5.74) is 6.99. The van der Waals surface area contributed by atoms with Gasteiger partial charge in [0.05, 0.1) is 5.56 Å². The lowest BCUT2D eigenvalue weighted by Crippen LogP contribution is -2.45. The van der Waals surface area contributed by atoms with Gasteiger partial charge in [-0.15, -0.1) is 0 Å². The molecule has 0 amide bonds. The number of halogens is 1. The number of carbonyl (C=O) groups excluding carboxylic acids is 1. The predicted molar refractivity (Wildman–Crippen MR) is 65.5 cm³/mol. The topological polar surface area (TPSA) is 43.1 Å². The first-order chi connectivity index (χ1) is 8.00. The second-order valence-corrected chi connectivity index (χ2v) is 5.11. The van der Waals surface area contributed by atoms with Gasteiger partial charge in [-0.1, -0.05) is 12.5 Å². The van der Waals surface area contributed by atoms with Crippen molar-refractivity contribution in [2.75, 3.05) is 6.54 Å². The summed E-state index contributed by atoms with van der Waals surface area (Å²) in [5, 5.41) is 0. The van der Waals surface area contributed by atoms with E-state index in [0.29, 0.717) is 12.1 Å². The molecule has 0 spiro atoms. The van der Waals surface area contributed by atoms with Crippen molar-refractivity contribution in [3.05, 3.63) is 34.6 Å². The fraction of sp³-hybridized carbons (Fsp3) is 0.500. The van der Waals surface area contributed by atoms with Gasteiger partial charge in [0, 0.05) is 12.0 Å². The van der Waals surface area contributed by atoms with Crippen molar-refractivity contribution >= 4 is 5.78 Å². The molecular formula is C14H18FNO. The normalized spacial score (nSPS) is 17.6. The molecule has 0 bridgehead atoms. The van der Waals surface area contributed by atoms with Crippen LogP contribution in [0.5, 0.6) is 0 Å². The van der Waals surface area contributed by atoms with E-state index in [1.54, 1.807) is 6.92 Å². The third-order valence-electron chi connectivity index (χ3n) is 3.84. The molecule has 0 saturated heterocycles. The third-order valence-corrected chi connectivity index (χ3v) is 3.84. The minimum Gasteiger partial charge on any atom is -0.329 e. The van der Waals surface area contributed by atoms with E-state index in [0.717, 1.165) is 24.8 Å². The summed E-state index contributed by atoms with van der Waals surface area (Å²) >= 11 is 0. The van der Waals surface area contributed by atoms with E-state index >= 15 is 0 Å². The van der Waals surface area contributed by atoms with Gasteiger partial charge in [0.25, 0.3) is 0 Å². The summed E-state index contributed by atoms with van der Waals surface area (Å²) in [7, 11) is 0. The zero-order valence-corrected chi connectivity index (χ0v) is 10.3. The van der Waals surface area contributed by atoms with Crippen LogP contribution in [-0.4, -0.2) is 12.3 Å². The van der Waals surface area contributed by atoms with Crippen molar-refractivity contribution in [3.8, 4) is 0 Å². The van der Waals surface area contributed by atoms with Crippen LogP contribution in [0.4, 0.5) is 4.39 Å². The minimum atomic E-state index is -0.499. The fourth-order valence-corrected chi connectivity index (χ4v) is 2.60. The van der Waals surface area contributed by atoms with Crippen molar-refractivity contribution < 1.29 is 9.18 Å². The molecule has 0 unspecified atom stereocenters. The first-order valence-electron chi connectivity index (χ1n) is 6.02. The number of hydrogen-bond acceptors (Lipinski definition) is 2. The summed E-state index contributed by atoms with van der Waals surface area (Å²) in [5.74, 6) is -0.520. The Hall–Kier alpha value is -1.22. The van der Waals surface area contributed by atoms with Gasteiger partial charge >= 0.3 is 0 Å². The maximum atomic E-state index is 13.9. The van der Waals surface area contributed by atoms with Crippen molar-refractivity contribution in [3.63, 3.8) is 0 Å². The molecule has 2 N–H and O–H groups in total. The maximum Gasteiger partial charge on any atom is 0.173 e. The molecule has 2 nitrogen and oxygen atoms in total. The third kappa shape index (κ3) is 1.89. The van der Waals surface area contributed by atoms with E-state index in [9.17, 15) is 9.18 Å². The molecule has 2 rings (SSSR count). The van der Waals surface area contributed by atoms with Crippen molar-refractivity contribution in [1.82, 2.24) is 0 Å². The van der Waals surface area contributed by atoms with E-state index < -0.39 is 11.2 Å². The highest BCUT2D eigenvalue weighted by atomic mass is 19.1. The summed E-state index contributed by atoms with van der Waals surface area (Å²) < 4.78 is 13.9. The Morgan fingerprint density at radius 3 is 2.47 bits per heavy atom.